The predicted octanol–water partition coefficient (Wildman–Crippen LogP) is 5.21. The smallest absolute Gasteiger partial charge is 0.202 e. The number of methoxy groups -OCH3 is 1. The molecule has 3 aromatic heterocycles. The van der Waals surface area contributed by atoms with Crippen molar-refractivity contribution in [3.63, 3.8) is 0 Å². The van der Waals surface area contributed by atoms with Gasteiger partial charge < -0.3 is 49.1 Å². The number of nitrogens with one attached hydrogen (secondary N) is 1. The average molecular weight is 979 g/mol. The van der Waals surface area contributed by atoms with Crippen molar-refractivity contribution in [3.05, 3.63) is 164 Å². The summed E-state index contributed by atoms with van der Waals surface area (Å²) >= 11 is 0. The van der Waals surface area contributed by atoms with E-state index in [-0.39, 0.29) is 77.5 Å². The third-order valence-corrected chi connectivity index (χ3v) is 14.1. The summed E-state index contributed by atoms with van der Waals surface area (Å²) in [7, 11) is 4.84. The number of hydrogen-bond donors (Lipinski definition) is 5. The molecule has 17 heteroatoms. The number of aromatic nitrogens is 3. The first kappa shape index (κ1) is 49.6. The lowest BCUT2D eigenvalue weighted by molar-refractivity contribution is -0.249. The van der Waals surface area contributed by atoms with E-state index in [1.165, 1.54) is 32.2 Å². The molecule has 3 aromatic carbocycles. The van der Waals surface area contributed by atoms with Crippen molar-refractivity contribution in [2.24, 2.45) is 14.1 Å². The van der Waals surface area contributed by atoms with Crippen molar-refractivity contribution in [2.45, 2.75) is 95.2 Å². The molecule has 0 bridgehead atoms. The molecule has 372 valence electrons. The molecule has 1 fully saturated rings. The Morgan fingerprint density at radius 3 is 2.06 bits per heavy atom. The summed E-state index contributed by atoms with van der Waals surface area (Å²) in [6.07, 6.45) is 0.385. The maximum Gasteiger partial charge on any atom is 0.202 e. The van der Waals surface area contributed by atoms with Gasteiger partial charge in [0.25, 0.3) is 0 Å². The monoisotopic (exact) mass is 978 g/mol. The molecule has 1 saturated heterocycles. The lowest BCUT2D eigenvalue weighted by atomic mass is 9.72. The van der Waals surface area contributed by atoms with Crippen LogP contribution in [0.3, 0.4) is 0 Å². The molecule has 2 aliphatic carbocycles. The van der Waals surface area contributed by atoms with Crippen LogP contribution in [0.1, 0.15) is 129 Å². The second-order valence-electron chi connectivity index (χ2n) is 19.0. The number of ether oxygens (including phenoxy) is 3. The number of aryl methyl sites for hydroxylation is 2. The summed E-state index contributed by atoms with van der Waals surface area (Å²) in [6, 6.07) is 19.8. The third-order valence-electron chi connectivity index (χ3n) is 14.1. The highest BCUT2D eigenvalue weighted by Crippen LogP contribution is 2.52. The number of aliphatic hydroxyl groups excluding tert-OH is 1. The fourth-order valence-corrected chi connectivity index (χ4v) is 10.2. The molecule has 17 nitrogen and oxygen atoms in total. The van der Waals surface area contributed by atoms with E-state index in [9.17, 15) is 49.2 Å². The molecule has 0 spiro atoms. The minimum atomic E-state index is -2.09. The van der Waals surface area contributed by atoms with Crippen molar-refractivity contribution in [1.82, 2.24) is 19.4 Å². The summed E-state index contributed by atoms with van der Waals surface area (Å²) in [6.45, 7) is 3.13. The zero-order valence-corrected chi connectivity index (χ0v) is 40.3. The van der Waals surface area contributed by atoms with E-state index in [1.54, 1.807) is 79.1 Å². The van der Waals surface area contributed by atoms with Gasteiger partial charge in [-0.2, -0.15) is 0 Å². The Hall–Kier alpha value is -7.41. The van der Waals surface area contributed by atoms with E-state index >= 15 is 0 Å². The van der Waals surface area contributed by atoms with Crippen LogP contribution in [0, 0.1) is 0 Å². The zero-order chi connectivity index (χ0) is 51.3. The van der Waals surface area contributed by atoms with Gasteiger partial charge in [0.05, 0.1) is 53.5 Å². The Bertz CT molecular complexity index is 3170. The first-order chi connectivity index (χ1) is 34.3. The molecular weight excluding hydrogens is 925 g/mol. The second-order valence-corrected chi connectivity index (χ2v) is 19.0. The topological polar surface area (TPSA) is 246 Å². The van der Waals surface area contributed by atoms with Crippen molar-refractivity contribution in [1.29, 1.82) is 0 Å². The van der Waals surface area contributed by atoms with Gasteiger partial charge in [0, 0.05) is 100 Å². The zero-order valence-electron chi connectivity index (χ0n) is 40.3. The molecule has 4 heterocycles. The molecule has 72 heavy (non-hydrogen) atoms. The van der Waals surface area contributed by atoms with E-state index < -0.39 is 82.6 Å². The van der Waals surface area contributed by atoms with Gasteiger partial charge >= 0.3 is 0 Å². The highest BCUT2D eigenvalue weighted by molar-refractivity contribution is 6.31. The minimum absolute atomic E-state index is 0.0431. The van der Waals surface area contributed by atoms with Crippen LogP contribution in [-0.4, -0.2) is 106 Å². The molecule has 9 rings (SSSR count). The number of benzene rings is 3. The highest BCUT2D eigenvalue weighted by Gasteiger charge is 2.49. The molecule has 0 amide bonds. The molecule has 6 atom stereocenters. The predicted molar refractivity (Wildman–Crippen MR) is 259 cm³/mol. The Kier molecular flexibility index (Phi) is 13.5. The van der Waals surface area contributed by atoms with Crippen LogP contribution in [0.5, 0.6) is 17.2 Å². The minimum Gasteiger partial charge on any atom is -0.507 e. The summed E-state index contributed by atoms with van der Waals surface area (Å²) in [5.74, 6) is -3.81. The normalized spacial score (nSPS) is 21.4. The van der Waals surface area contributed by atoms with Crippen molar-refractivity contribution >= 4 is 34.7 Å². The first-order valence-electron chi connectivity index (χ1n) is 23.6. The van der Waals surface area contributed by atoms with Gasteiger partial charge in [-0.15, -0.1) is 0 Å². The van der Waals surface area contributed by atoms with E-state index in [0.29, 0.717) is 34.8 Å². The Morgan fingerprint density at radius 1 is 0.806 bits per heavy atom. The second kappa shape index (κ2) is 19.7. The lowest BCUT2D eigenvalue weighted by Gasteiger charge is -2.43. The number of carbonyl (C=O) groups is 6. The van der Waals surface area contributed by atoms with Crippen LogP contribution in [0.25, 0.3) is 0 Å². The van der Waals surface area contributed by atoms with Gasteiger partial charge in [-0.3, -0.25) is 33.8 Å². The van der Waals surface area contributed by atoms with E-state index in [4.69, 9.17) is 14.2 Å². The summed E-state index contributed by atoms with van der Waals surface area (Å²) in [5.41, 5.74) is 0.909. The maximum atomic E-state index is 14.1. The number of hydrogen-bond acceptors (Lipinski definition) is 15. The van der Waals surface area contributed by atoms with Gasteiger partial charge in [0.1, 0.15) is 28.5 Å². The molecule has 4 unspecified atom stereocenters. The van der Waals surface area contributed by atoms with Crippen LogP contribution < -0.4 is 10.1 Å². The Labute approximate surface area is 414 Å². The molecule has 5 N–H and O–H groups in total. The van der Waals surface area contributed by atoms with Crippen molar-refractivity contribution in [3.8, 4) is 17.2 Å². The Balaban J connectivity index is 0.844. The van der Waals surface area contributed by atoms with Crippen molar-refractivity contribution in [2.75, 3.05) is 7.11 Å². The lowest BCUT2D eigenvalue weighted by Crippen LogP contribution is -2.54. The molecule has 0 radical (unpaired) electrons. The molecule has 1 aliphatic heterocycles. The fourth-order valence-electron chi connectivity index (χ4n) is 10.2. The van der Waals surface area contributed by atoms with Crippen LogP contribution in [0.4, 0.5) is 0 Å². The number of nitrogens with zero attached hydrogens (tertiary/aromatic N) is 3. The SMILES string of the molecule is COc1cccc2c1C(=O)c1c(O)c3c(c(O)c1C2=O)C[C@](O)(C(C)=O)C[C@@H]3OC1CC(NCc2ccc(CC(=O)c3cc(CC(=O)c4cc(CC(=O)c5ccccn5)cn4C)cn3C)cc2)C(O)C(C)O1. The molecule has 3 aliphatic rings. The number of rotatable bonds is 16. The summed E-state index contributed by atoms with van der Waals surface area (Å²) < 4.78 is 21.3. The van der Waals surface area contributed by atoms with Crippen molar-refractivity contribution < 1.29 is 63.4 Å². The van der Waals surface area contributed by atoms with Crippen LogP contribution in [-0.2, 0) is 60.6 Å². The van der Waals surface area contributed by atoms with Crippen LogP contribution in [0.15, 0.2) is 91.4 Å². The quantitative estimate of drug-likeness (QED) is 0.0617. The number of ketones is 6. The van der Waals surface area contributed by atoms with Crippen LogP contribution >= 0.6 is 0 Å². The average Bonchev–Trinajstić information content (AvgIpc) is 3.92. The van der Waals surface area contributed by atoms with Crippen LogP contribution in [0.2, 0.25) is 0 Å². The van der Waals surface area contributed by atoms with Gasteiger partial charge in [-0.25, -0.2) is 0 Å². The van der Waals surface area contributed by atoms with E-state index in [1.807, 2.05) is 24.3 Å². The molecular formula is C55H54N4O13. The Morgan fingerprint density at radius 2 is 1.43 bits per heavy atom. The fraction of sp³-hybridized carbons (Fsp3) is 0.327. The van der Waals surface area contributed by atoms with Gasteiger partial charge in [0.15, 0.2) is 35.2 Å². The molecule has 0 saturated carbocycles. The standard InChI is InChI=1S/C55H54N4O13/c1-28-50(64)37(22-45(71-28)72-44-24-55(69,29(2)60)23-35-47(44)54(68)49-48(52(35)66)51(65)34-9-8-11-43(70-5)46(34)53(49)67)57-25-31-14-12-30(13-15-31)19-41(62)38-18-33(27-59(38)4)21-42(63)39-17-32(26-58(39)3)20-40(61)36-10-6-7-16-56-36/h6-18,26-28,37,44-45,50,57,64,66,68-69H,19-25H2,1-5H3/t28?,37?,44-,45?,50?,55+/m0/s1. The number of carbonyl (C=O) groups excluding carboxylic acids is 6. The number of pyridine rings is 1. The number of fused-ring (bicyclic) bond motifs is 3. The van der Waals surface area contributed by atoms with E-state index in [2.05, 4.69) is 10.3 Å². The summed E-state index contributed by atoms with van der Waals surface area (Å²) in [5, 5.41) is 49.9. The number of Topliss-reactive ketones (excluding diaryl/α,β-unsaturated/α-hetero) is 4. The number of phenols is 2. The van der Waals surface area contributed by atoms with Gasteiger partial charge in [-0.05, 0) is 66.4 Å². The highest BCUT2D eigenvalue weighted by atomic mass is 16.7. The molecule has 6 aromatic rings. The maximum absolute atomic E-state index is 14.1. The summed E-state index contributed by atoms with van der Waals surface area (Å²) in [4.78, 5) is 84.7. The number of aliphatic hydroxyl groups is 2. The van der Waals surface area contributed by atoms with E-state index in [0.717, 1.165) is 11.1 Å². The number of aromatic hydroxyl groups is 2. The first-order valence-corrected chi connectivity index (χ1v) is 23.6. The van der Waals surface area contributed by atoms with Gasteiger partial charge in [0.2, 0.25) is 5.78 Å². The largest absolute Gasteiger partial charge is 0.507 e. The number of phenolic OH excluding ortho intramolecular Hbond substituents is 2. The van der Waals surface area contributed by atoms with Gasteiger partial charge in [-0.1, -0.05) is 42.5 Å². The third kappa shape index (κ3) is 9.32.